The van der Waals surface area contributed by atoms with E-state index in [1.54, 1.807) is 18.2 Å². The van der Waals surface area contributed by atoms with Gasteiger partial charge < -0.3 is 11.1 Å². The van der Waals surface area contributed by atoms with Gasteiger partial charge in [-0.2, -0.15) is 4.37 Å². The van der Waals surface area contributed by atoms with Crippen LogP contribution in [0, 0.1) is 0 Å². The van der Waals surface area contributed by atoms with Gasteiger partial charge in [0.15, 0.2) is 0 Å². The van der Waals surface area contributed by atoms with Crippen LogP contribution in [0.25, 0.3) is 0 Å². The topological polar surface area (TPSA) is 63.8 Å². The summed E-state index contributed by atoms with van der Waals surface area (Å²) in [6.07, 6.45) is 1.48. The predicted octanol–water partition coefficient (Wildman–Crippen LogP) is 2.52. The quantitative estimate of drug-likeness (QED) is 0.773. The standard InChI is InChI=1S/C8H7ClN4S/c9-6-2-1-5(10)3-7(6)13-8-11-4-12-14-8/h1-4H,10H2,(H,11,12,13). The number of hydrogen-bond donors (Lipinski definition) is 2. The van der Waals surface area contributed by atoms with E-state index < -0.39 is 0 Å². The van der Waals surface area contributed by atoms with E-state index in [4.69, 9.17) is 17.3 Å². The highest BCUT2D eigenvalue weighted by molar-refractivity contribution is 7.09. The Morgan fingerprint density at radius 1 is 1.43 bits per heavy atom. The monoisotopic (exact) mass is 226 g/mol. The largest absolute Gasteiger partial charge is 0.399 e. The molecule has 1 aromatic heterocycles. The molecule has 2 aromatic rings. The summed E-state index contributed by atoms with van der Waals surface area (Å²) in [5, 5.41) is 4.32. The van der Waals surface area contributed by atoms with Gasteiger partial charge in [-0.1, -0.05) is 11.6 Å². The Kier molecular flexibility index (Phi) is 2.51. The highest BCUT2D eigenvalue weighted by Gasteiger charge is 2.02. The number of aromatic nitrogens is 2. The summed E-state index contributed by atoms with van der Waals surface area (Å²) < 4.78 is 3.86. The van der Waals surface area contributed by atoms with Crippen LogP contribution in [0.15, 0.2) is 24.5 Å². The van der Waals surface area contributed by atoms with Gasteiger partial charge in [-0.3, -0.25) is 0 Å². The van der Waals surface area contributed by atoms with Gasteiger partial charge in [0.05, 0.1) is 10.7 Å². The number of nitrogens with two attached hydrogens (primary N) is 1. The van der Waals surface area contributed by atoms with Crippen LogP contribution in [0.2, 0.25) is 5.02 Å². The lowest BCUT2D eigenvalue weighted by molar-refractivity contribution is 1.32. The van der Waals surface area contributed by atoms with Crippen LogP contribution in [-0.4, -0.2) is 9.36 Å². The van der Waals surface area contributed by atoms with Crippen molar-refractivity contribution in [1.29, 1.82) is 0 Å². The average molecular weight is 227 g/mol. The number of anilines is 3. The summed E-state index contributed by atoms with van der Waals surface area (Å²) in [5.74, 6) is 0. The molecule has 0 amide bonds. The van der Waals surface area contributed by atoms with Crippen molar-refractivity contribution >= 4 is 39.6 Å². The second-order valence-corrected chi connectivity index (χ2v) is 3.80. The van der Waals surface area contributed by atoms with Crippen molar-refractivity contribution in [3.05, 3.63) is 29.5 Å². The van der Waals surface area contributed by atoms with Crippen LogP contribution in [0.1, 0.15) is 0 Å². The number of nitrogens with one attached hydrogen (secondary N) is 1. The van der Waals surface area contributed by atoms with E-state index in [0.29, 0.717) is 15.8 Å². The molecule has 0 bridgehead atoms. The van der Waals surface area contributed by atoms with E-state index >= 15 is 0 Å². The lowest BCUT2D eigenvalue weighted by Crippen LogP contribution is -1.92. The molecule has 0 aliphatic rings. The van der Waals surface area contributed by atoms with Gasteiger partial charge in [0.25, 0.3) is 0 Å². The van der Waals surface area contributed by atoms with Crippen molar-refractivity contribution in [2.75, 3.05) is 11.1 Å². The molecule has 14 heavy (non-hydrogen) atoms. The van der Waals surface area contributed by atoms with E-state index in [2.05, 4.69) is 14.7 Å². The van der Waals surface area contributed by atoms with Gasteiger partial charge in [-0.25, -0.2) is 4.98 Å². The molecule has 4 nitrogen and oxygen atoms in total. The maximum absolute atomic E-state index is 5.95. The third-order valence-electron chi connectivity index (χ3n) is 1.59. The van der Waals surface area contributed by atoms with E-state index in [1.165, 1.54) is 17.9 Å². The molecule has 1 aromatic carbocycles. The fourth-order valence-corrected chi connectivity index (χ4v) is 1.59. The molecule has 0 saturated carbocycles. The molecular formula is C8H7ClN4S. The molecule has 0 unspecified atom stereocenters. The molecule has 0 spiro atoms. The zero-order chi connectivity index (χ0) is 9.97. The molecule has 3 N–H and O–H groups in total. The number of rotatable bonds is 2. The van der Waals surface area contributed by atoms with Crippen molar-refractivity contribution in [3.8, 4) is 0 Å². The Morgan fingerprint density at radius 3 is 3.00 bits per heavy atom. The van der Waals surface area contributed by atoms with E-state index in [-0.39, 0.29) is 0 Å². The first kappa shape index (κ1) is 9.23. The van der Waals surface area contributed by atoms with Crippen molar-refractivity contribution < 1.29 is 0 Å². The molecule has 1 heterocycles. The maximum atomic E-state index is 5.95. The van der Waals surface area contributed by atoms with Gasteiger partial charge in [-0.05, 0) is 18.2 Å². The summed E-state index contributed by atoms with van der Waals surface area (Å²) in [7, 11) is 0. The third-order valence-corrected chi connectivity index (χ3v) is 2.50. The molecular weight excluding hydrogens is 220 g/mol. The average Bonchev–Trinajstić information content (AvgIpc) is 2.64. The first-order valence-electron chi connectivity index (χ1n) is 3.84. The molecule has 6 heteroatoms. The zero-order valence-corrected chi connectivity index (χ0v) is 8.64. The van der Waals surface area contributed by atoms with Crippen molar-refractivity contribution in [1.82, 2.24) is 9.36 Å². The summed E-state index contributed by atoms with van der Waals surface area (Å²) in [5.41, 5.74) is 7.02. The smallest absolute Gasteiger partial charge is 0.206 e. The lowest BCUT2D eigenvalue weighted by atomic mass is 10.3. The Balaban J connectivity index is 2.28. The Hall–Kier alpha value is -1.33. The minimum atomic E-state index is 0.606. The fourth-order valence-electron chi connectivity index (χ4n) is 0.982. The van der Waals surface area contributed by atoms with Crippen molar-refractivity contribution in [2.45, 2.75) is 0 Å². The van der Waals surface area contributed by atoms with Crippen molar-refractivity contribution in [2.24, 2.45) is 0 Å². The van der Waals surface area contributed by atoms with Crippen LogP contribution < -0.4 is 11.1 Å². The number of benzene rings is 1. The second-order valence-electron chi connectivity index (χ2n) is 2.61. The molecule has 2 rings (SSSR count). The van der Waals surface area contributed by atoms with Crippen LogP contribution in [-0.2, 0) is 0 Å². The zero-order valence-electron chi connectivity index (χ0n) is 7.07. The van der Waals surface area contributed by atoms with Crippen LogP contribution >= 0.6 is 23.1 Å². The van der Waals surface area contributed by atoms with Crippen molar-refractivity contribution in [3.63, 3.8) is 0 Å². The summed E-state index contributed by atoms with van der Waals surface area (Å²) in [4.78, 5) is 3.98. The molecule has 0 aliphatic heterocycles. The van der Waals surface area contributed by atoms with E-state index in [9.17, 15) is 0 Å². The summed E-state index contributed by atoms with van der Waals surface area (Å²) in [6.45, 7) is 0. The summed E-state index contributed by atoms with van der Waals surface area (Å²) in [6, 6.07) is 5.23. The first-order valence-corrected chi connectivity index (χ1v) is 4.99. The maximum Gasteiger partial charge on any atom is 0.206 e. The number of nitrogen functional groups attached to an aromatic ring is 1. The second kappa shape index (κ2) is 3.81. The van der Waals surface area contributed by atoms with Gasteiger partial charge >= 0.3 is 0 Å². The molecule has 0 fully saturated rings. The highest BCUT2D eigenvalue weighted by Crippen LogP contribution is 2.27. The fraction of sp³-hybridized carbons (Fsp3) is 0. The normalized spacial score (nSPS) is 10.1. The minimum Gasteiger partial charge on any atom is -0.399 e. The van der Waals surface area contributed by atoms with E-state index in [0.717, 1.165) is 5.69 Å². The highest BCUT2D eigenvalue weighted by atomic mass is 35.5. The molecule has 72 valence electrons. The summed E-state index contributed by atoms with van der Waals surface area (Å²) >= 11 is 7.21. The number of halogens is 1. The SMILES string of the molecule is Nc1ccc(Cl)c(Nc2ncns2)c1. The predicted molar refractivity (Wildman–Crippen MR) is 59.1 cm³/mol. The van der Waals surface area contributed by atoms with Gasteiger partial charge in [0.1, 0.15) is 6.33 Å². The number of hydrogen-bond acceptors (Lipinski definition) is 5. The molecule has 0 radical (unpaired) electrons. The molecule has 0 aliphatic carbocycles. The van der Waals surface area contributed by atoms with Gasteiger partial charge in [0, 0.05) is 17.2 Å². The van der Waals surface area contributed by atoms with Crippen LogP contribution in [0.4, 0.5) is 16.5 Å². The first-order chi connectivity index (χ1) is 6.75. The Bertz CT molecular complexity index is 429. The van der Waals surface area contributed by atoms with E-state index in [1.807, 2.05) is 0 Å². The Labute approximate surface area is 89.9 Å². The van der Waals surface area contributed by atoms with Gasteiger partial charge in [0.2, 0.25) is 5.13 Å². The molecule has 0 saturated heterocycles. The van der Waals surface area contributed by atoms with Crippen LogP contribution in [0.3, 0.4) is 0 Å². The van der Waals surface area contributed by atoms with Crippen LogP contribution in [0.5, 0.6) is 0 Å². The third kappa shape index (κ3) is 1.94. The van der Waals surface area contributed by atoms with Gasteiger partial charge in [-0.15, -0.1) is 0 Å². The lowest BCUT2D eigenvalue weighted by Gasteiger charge is -2.05. The minimum absolute atomic E-state index is 0.606. The number of nitrogens with zero attached hydrogens (tertiary/aromatic N) is 2. The molecule has 0 atom stereocenters. The Morgan fingerprint density at radius 2 is 2.29 bits per heavy atom.